The fourth-order valence-corrected chi connectivity index (χ4v) is 9.08. The Morgan fingerprint density at radius 3 is 2.60 bits per heavy atom. The van der Waals surface area contributed by atoms with E-state index >= 15 is 8.78 Å². The maximum atomic E-state index is 16.6. The van der Waals surface area contributed by atoms with Crippen molar-refractivity contribution in [3.05, 3.63) is 161 Å². The quantitative estimate of drug-likeness (QED) is 0.116. The van der Waals surface area contributed by atoms with Crippen LogP contribution in [0, 0.1) is 24.0 Å². The van der Waals surface area contributed by atoms with Crippen molar-refractivity contribution in [2.75, 3.05) is 6.61 Å². The van der Waals surface area contributed by atoms with Crippen LogP contribution in [0.4, 0.5) is 8.78 Å². The predicted octanol–water partition coefficient (Wildman–Crippen LogP) is 9.98. The van der Waals surface area contributed by atoms with Gasteiger partial charge in [0.2, 0.25) is 0 Å². The number of ether oxygens (including phenoxy) is 2. The van der Waals surface area contributed by atoms with Gasteiger partial charge in [0.15, 0.2) is 11.6 Å². The number of allylic oxidation sites excluding steroid dienone is 2. The largest absolute Gasteiger partial charge is 0.466 e. The fraction of sp³-hybridized carbons (Fsp3) is 0.255. The standard InChI is InChI=1S/C47H45F2N5O5S/c1-5-58-45(55)18-13-32-8-6-9-34(24-32)43-10-7-21-47(3,4)30-52-29-33(28-50-52)25-38-37-19-23-54(60(56,57)36-15-11-31(2)12-16-36)44(37)27-41(49)46(38)59-35-14-17-40(48)39(26-35)42-20-22-53(43)51-42/h6-9,11-12,14-17,19-24,26-29,43H,5,10,13,18,25,30H2,1-4H3/b21-7-. The summed E-state index contributed by atoms with van der Waals surface area (Å²) in [5, 5.41) is 10.0. The van der Waals surface area contributed by atoms with E-state index in [0.29, 0.717) is 42.6 Å². The summed E-state index contributed by atoms with van der Waals surface area (Å²) in [6.45, 7) is 8.73. The van der Waals surface area contributed by atoms with Gasteiger partial charge in [-0.05, 0) is 85.8 Å². The highest BCUT2D eigenvalue weighted by molar-refractivity contribution is 7.90. The molecule has 13 heteroatoms. The molecule has 0 saturated carbocycles. The maximum absolute atomic E-state index is 16.6. The minimum absolute atomic E-state index is 0.0712. The average molecular weight is 830 g/mol. The second-order valence-corrected chi connectivity index (χ2v) is 17.7. The Labute approximate surface area is 347 Å². The predicted molar refractivity (Wildman–Crippen MR) is 225 cm³/mol. The molecule has 4 heterocycles. The number of aryl methyl sites for hydroxylation is 2. The highest BCUT2D eigenvalue weighted by Gasteiger charge is 2.26. The molecule has 0 amide bonds. The fourth-order valence-electron chi connectivity index (χ4n) is 7.74. The molecule has 0 aliphatic carbocycles. The molecule has 7 aromatic rings. The average Bonchev–Trinajstić information content (AvgIpc) is 3.98. The van der Waals surface area contributed by atoms with E-state index in [0.717, 1.165) is 32.3 Å². The monoisotopic (exact) mass is 829 g/mol. The van der Waals surface area contributed by atoms with Gasteiger partial charge >= 0.3 is 5.97 Å². The summed E-state index contributed by atoms with van der Waals surface area (Å²) in [5.74, 6) is -1.54. The summed E-state index contributed by atoms with van der Waals surface area (Å²) < 4.78 is 76.3. The van der Waals surface area contributed by atoms with Crippen LogP contribution in [0.5, 0.6) is 11.5 Å². The van der Waals surface area contributed by atoms with Gasteiger partial charge in [-0.3, -0.25) is 14.2 Å². The first kappa shape index (κ1) is 40.4. The van der Waals surface area contributed by atoms with Gasteiger partial charge in [0.1, 0.15) is 11.6 Å². The number of halogens is 2. The lowest BCUT2D eigenvalue weighted by atomic mass is 9.91. The molecule has 1 unspecified atom stereocenters. The molecular weight excluding hydrogens is 785 g/mol. The Kier molecular flexibility index (Phi) is 11.0. The third-order valence-electron chi connectivity index (χ3n) is 10.7. The van der Waals surface area contributed by atoms with Crippen molar-refractivity contribution < 1.29 is 31.5 Å². The van der Waals surface area contributed by atoms with E-state index in [1.165, 1.54) is 36.5 Å². The number of esters is 1. The molecule has 8 rings (SSSR count). The van der Waals surface area contributed by atoms with E-state index in [4.69, 9.17) is 14.6 Å². The lowest BCUT2D eigenvalue weighted by Gasteiger charge is -2.22. The van der Waals surface area contributed by atoms with Gasteiger partial charge in [-0.15, -0.1) is 0 Å². The Hall–Kier alpha value is -6.34. The van der Waals surface area contributed by atoms with Crippen molar-refractivity contribution in [2.24, 2.45) is 5.41 Å². The normalized spacial score (nSPS) is 15.9. The van der Waals surface area contributed by atoms with E-state index in [9.17, 15) is 13.2 Å². The van der Waals surface area contributed by atoms with Crippen LogP contribution in [0.2, 0.25) is 0 Å². The van der Waals surface area contributed by atoms with Gasteiger partial charge in [0.25, 0.3) is 10.0 Å². The molecule has 1 atom stereocenters. The molecule has 0 saturated heterocycles. The highest BCUT2D eigenvalue weighted by atomic mass is 32.2. The third-order valence-corrected chi connectivity index (χ3v) is 12.4. The second-order valence-electron chi connectivity index (χ2n) is 15.9. The van der Waals surface area contributed by atoms with Crippen LogP contribution in [-0.4, -0.2) is 44.5 Å². The molecule has 0 radical (unpaired) electrons. The number of benzene rings is 4. The number of hydrogen-bond acceptors (Lipinski definition) is 7. The van der Waals surface area contributed by atoms with Crippen LogP contribution in [0.3, 0.4) is 0 Å². The number of hydrogen-bond donors (Lipinski definition) is 0. The summed E-state index contributed by atoms with van der Waals surface area (Å²) in [5.41, 5.74) is 4.32. The molecule has 0 spiro atoms. The zero-order valence-corrected chi connectivity index (χ0v) is 34.6. The smallest absolute Gasteiger partial charge is 0.306 e. The van der Waals surface area contributed by atoms with Crippen LogP contribution in [-0.2, 0) is 38.9 Å². The number of rotatable bonds is 7. The van der Waals surface area contributed by atoms with E-state index in [-0.39, 0.29) is 57.7 Å². The second kappa shape index (κ2) is 16.4. The van der Waals surface area contributed by atoms with Crippen LogP contribution in [0.25, 0.3) is 22.2 Å². The molecular formula is C47H45F2N5O5S. The molecule has 1 aliphatic rings. The molecule has 4 aromatic carbocycles. The van der Waals surface area contributed by atoms with Gasteiger partial charge < -0.3 is 9.47 Å². The van der Waals surface area contributed by atoms with Gasteiger partial charge in [-0.2, -0.15) is 10.2 Å². The number of fused-ring (bicyclic) bond motifs is 10. The van der Waals surface area contributed by atoms with Gasteiger partial charge in [0.05, 0.1) is 35.0 Å². The van der Waals surface area contributed by atoms with Crippen molar-refractivity contribution in [1.29, 1.82) is 0 Å². The summed E-state index contributed by atoms with van der Waals surface area (Å²) in [6.07, 6.45) is 12.6. The van der Waals surface area contributed by atoms with Crippen molar-refractivity contribution in [2.45, 2.75) is 70.9 Å². The van der Waals surface area contributed by atoms with Crippen molar-refractivity contribution >= 4 is 26.9 Å². The Morgan fingerprint density at radius 2 is 1.80 bits per heavy atom. The number of carbonyl (C=O) groups is 1. The Morgan fingerprint density at radius 1 is 0.983 bits per heavy atom. The summed E-state index contributed by atoms with van der Waals surface area (Å²) in [7, 11) is -4.09. The summed E-state index contributed by atoms with van der Waals surface area (Å²) >= 11 is 0. The van der Waals surface area contributed by atoms with E-state index in [2.05, 4.69) is 37.2 Å². The van der Waals surface area contributed by atoms with Crippen LogP contribution >= 0.6 is 0 Å². The minimum Gasteiger partial charge on any atom is -0.466 e. The van der Waals surface area contributed by atoms with Crippen LogP contribution < -0.4 is 4.74 Å². The molecule has 60 heavy (non-hydrogen) atoms. The first-order chi connectivity index (χ1) is 28.8. The lowest BCUT2D eigenvalue weighted by molar-refractivity contribution is -0.143. The summed E-state index contributed by atoms with van der Waals surface area (Å²) in [6, 6.07) is 22.9. The third kappa shape index (κ3) is 8.40. The Balaban J connectivity index is 1.23. The molecule has 10 nitrogen and oxygen atoms in total. The van der Waals surface area contributed by atoms with Crippen LogP contribution in [0.15, 0.2) is 127 Å². The number of carbonyl (C=O) groups excluding carboxylic acids is 1. The Bertz CT molecular complexity index is 2860. The van der Waals surface area contributed by atoms with Gasteiger partial charge in [-0.1, -0.05) is 68.0 Å². The first-order valence-corrected chi connectivity index (χ1v) is 21.3. The highest BCUT2D eigenvalue weighted by Crippen LogP contribution is 2.39. The topological polar surface area (TPSA) is 110 Å². The molecule has 3 aromatic heterocycles. The van der Waals surface area contributed by atoms with E-state index < -0.39 is 21.7 Å². The van der Waals surface area contributed by atoms with Gasteiger partial charge in [-0.25, -0.2) is 21.2 Å². The molecule has 308 valence electrons. The minimum atomic E-state index is -4.09. The van der Waals surface area contributed by atoms with Crippen molar-refractivity contribution in [1.82, 2.24) is 23.5 Å². The lowest BCUT2D eigenvalue weighted by Crippen LogP contribution is -2.18. The molecule has 0 fully saturated rings. The van der Waals surface area contributed by atoms with Crippen molar-refractivity contribution in [3.63, 3.8) is 0 Å². The maximum Gasteiger partial charge on any atom is 0.306 e. The molecule has 6 bridgehead atoms. The van der Waals surface area contributed by atoms with E-state index in [1.54, 1.807) is 42.1 Å². The van der Waals surface area contributed by atoms with Crippen molar-refractivity contribution in [3.8, 4) is 22.8 Å². The SMILES string of the molecule is CCOC(=O)CCc1cccc(C2C/C=C\C(C)(C)Cn3cc(cn3)Cc3c(c(F)cc4c3ccn4S(=O)(=O)c3ccc(C)cc3)Oc3ccc(F)c(c3)-c3ccn2n3)c1. The van der Waals surface area contributed by atoms with Gasteiger partial charge in [0, 0.05) is 66.0 Å². The number of nitrogens with zero attached hydrogens (tertiary/aromatic N) is 5. The summed E-state index contributed by atoms with van der Waals surface area (Å²) in [4.78, 5) is 12.2. The first-order valence-electron chi connectivity index (χ1n) is 19.9. The van der Waals surface area contributed by atoms with E-state index in [1.807, 2.05) is 42.2 Å². The molecule has 1 aliphatic heterocycles. The van der Waals surface area contributed by atoms with Crippen LogP contribution in [0.1, 0.15) is 67.5 Å². The molecule has 0 N–H and O–H groups in total. The zero-order valence-electron chi connectivity index (χ0n) is 33.8. The zero-order chi connectivity index (χ0) is 42.2. The number of aromatic nitrogens is 5.